The molecule has 0 aliphatic carbocycles. The van der Waals surface area contributed by atoms with Crippen LogP contribution in [0.25, 0.3) is 0 Å². The van der Waals surface area contributed by atoms with Gasteiger partial charge in [0.05, 0.1) is 5.60 Å². The Labute approximate surface area is 106 Å². The maximum atomic E-state index is 10.5. The summed E-state index contributed by atoms with van der Waals surface area (Å²) in [5.41, 5.74) is 0.372. The second kappa shape index (κ2) is 8.26. The van der Waals surface area contributed by atoms with Gasteiger partial charge in [0.1, 0.15) is 0 Å². The fraction of sp³-hybridized carbons (Fsp3) is 0.600. The van der Waals surface area contributed by atoms with Crippen molar-refractivity contribution in [2.45, 2.75) is 39.2 Å². The first-order chi connectivity index (χ1) is 8.12. The van der Waals surface area contributed by atoms with E-state index in [1.807, 2.05) is 39.0 Å². The summed E-state index contributed by atoms with van der Waals surface area (Å²) < 4.78 is 0. The van der Waals surface area contributed by atoms with Crippen LogP contribution in [0.4, 0.5) is 0 Å². The zero-order valence-corrected chi connectivity index (χ0v) is 11.7. The Bertz CT molecular complexity index is 271. The highest BCUT2D eigenvalue weighted by molar-refractivity contribution is 5.30. The molecule has 2 nitrogen and oxygen atoms in total. The Morgan fingerprint density at radius 1 is 1.29 bits per heavy atom. The first kappa shape index (κ1) is 16.1. The molecule has 0 aromatic rings. The molecular weight excluding hydrogens is 210 g/mol. The molecule has 0 unspecified atom stereocenters. The highest BCUT2D eigenvalue weighted by Crippen LogP contribution is 2.29. The number of rotatable bonds is 3. The van der Waals surface area contributed by atoms with Crippen molar-refractivity contribution < 1.29 is 5.11 Å². The average Bonchev–Trinajstić information content (AvgIpc) is 2.37. The second-order valence-corrected chi connectivity index (χ2v) is 4.17. The molecule has 0 aromatic carbocycles. The van der Waals surface area contributed by atoms with Crippen molar-refractivity contribution in [1.29, 1.82) is 0 Å². The van der Waals surface area contributed by atoms with Crippen LogP contribution in [0.1, 0.15) is 33.6 Å². The molecule has 1 N–H and O–H groups in total. The Morgan fingerprint density at radius 2 is 1.82 bits per heavy atom. The Kier molecular flexibility index (Phi) is 7.85. The van der Waals surface area contributed by atoms with Crippen LogP contribution in [0.15, 0.2) is 36.5 Å². The van der Waals surface area contributed by atoms with Gasteiger partial charge in [-0.2, -0.15) is 0 Å². The van der Waals surface area contributed by atoms with Crippen LogP contribution in [0.5, 0.6) is 0 Å². The number of piperidine rings is 1. The van der Waals surface area contributed by atoms with Crippen LogP contribution in [-0.2, 0) is 0 Å². The highest BCUT2D eigenvalue weighted by Gasteiger charge is 2.33. The van der Waals surface area contributed by atoms with Crippen LogP contribution in [0.3, 0.4) is 0 Å². The summed E-state index contributed by atoms with van der Waals surface area (Å²) in [6.07, 6.45) is 9.19. The van der Waals surface area contributed by atoms with Gasteiger partial charge in [0.25, 0.3) is 0 Å². The zero-order valence-electron chi connectivity index (χ0n) is 11.7. The molecule has 0 aromatic heterocycles. The van der Waals surface area contributed by atoms with Gasteiger partial charge in [0, 0.05) is 13.1 Å². The van der Waals surface area contributed by atoms with E-state index in [0.717, 1.165) is 31.5 Å². The van der Waals surface area contributed by atoms with Gasteiger partial charge in [-0.25, -0.2) is 0 Å². The molecule has 0 amide bonds. The number of hydrogen-bond acceptors (Lipinski definition) is 2. The Morgan fingerprint density at radius 3 is 2.24 bits per heavy atom. The SMILES string of the molecule is C=C/C=C\C(=C/C)C1(O)CCN(C)CC1.CC. The predicted molar refractivity (Wildman–Crippen MR) is 76.1 cm³/mol. The van der Waals surface area contributed by atoms with Gasteiger partial charge >= 0.3 is 0 Å². The minimum Gasteiger partial charge on any atom is -0.385 e. The van der Waals surface area contributed by atoms with E-state index in [1.165, 1.54) is 0 Å². The van der Waals surface area contributed by atoms with E-state index in [2.05, 4.69) is 18.5 Å². The minimum absolute atomic E-state index is 0.638. The first-order valence-electron chi connectivity index (χ1n) is 6.49. The van der Waals surface area contributed by atoms with Gasteiger partial charge in [-0.3, -0.25) is 0 Å². The van der Waals surface area contributed by atoms with Gasteiger partial charge < -0.3 is 10.0 Å². The molecule has 0 saturated carbocycles. The Balaban J connectivity index is 0.00000121. The lowest BCUT2D eigenvalue weighted by atomic mass is 9.83. The van der Waals surface area contributed by atoms with Crippen molar-refractivity contribution in [3.05, 3.63) is 36.5 Å². The predicted octanol–water partition coefficient (Wildman–Crippen LogP) is 3.16. The smallest absolute Gasteiger partial charge is 0.0917 e. The van der Waals surface area contributed by atoms with E-state index in [4.69, 9.17) is 0 Å². The third-order valence-corrected chi connectivity index (χ3v) is 3.07. The monoisotopic (exact) mass is 237 g/mol. The molecule has 98 valence electrons. The van der Waals surface area contributed by atoms with Gasteiger partial charge in [0.2, 0.25) is 0 Å². The lowest BCUT2D eigenvalue weighted by Gasteiger charge is -2.37. The molecular formula is C15H27NO. The summed E-state index contributed by atoms with van der Waals surface area (Å²) in [7, 11) is 2.09. The molecule has 0 spiro atoms. The molecule has 1 saturated heterocycles. The average molecular weight is 237 g/mol. The van der Waals surface area contributed by atoms with E-state index in [0.29, 0.717) is 0 Å². The van der Waals surface area contributed by atoms with Crippen LogP contribution >= 0.6 is 0 Å². The molecule has 0 atom stereocenters. The molecule has 0 radical (unpaired) electrons. The van der Waals surface area contributed by atoms with Gasteiger partial charge in [-0.1, -0.05) is 44.7 Å². The molecule has 1 rings (SSSR count). The number of allylic oxidation sites excluding steroid dienone is 3. The minimum atomic E-state index is -0.638. The van der Waals surface area contributed by atoms with Crippen molar-refractivity contribution in [3.8, 4) is 0 Å². The zero-order chi connectivity index (χ0) is 13.3. The number of nitrogens with zero attached hydrogens (tertiary/aromatic N) is 1. The van der Waals surface area contributed by atoms with Crippen molar-refractivity contribution in [2.75, 3.05) is 20.1 Å². The number of hydrogen-bond donors (Lipinski definition) is 1. The summed E-state index contributed by atoms with van der Waals surface area (Å²) in [5, 5.41) is 10.5. The number of likely N-dealkylation sites (tertiary alicyclic amines) is 1. The fourth-order valence-electron chi connectivity index (χ4n) is 1.97. The summed E-state index contributed by atoms with van der Waals surface area (Å²) >= 11 is 0. The van der Waals surface area contributed by atoms with Gasteiger partial charge in [0.15, 0.2) is 0 Å². The van der Waals surface area contributed by atoms with Crippen molar-refractivity contribution in [2.24, 2.45) is 0 Å². The van der Waals surface area contributed by atoms with Crippen LogP contribution in [0, 0.1) is 0 Å². The van der Waals surface area contributed by atoms with E-state index in [9.17, 15) is 5.11 Å². The molecule has 1 aliphatic rings. The van der Waals surface area contributed by atoms with Gasteiger partial charge in [-0.05, 0) is 32.4 Å². The van der Waals surface area contributed by atoms with E-state index >= 15 is 0 Å². The maximum absolute atomic E-state index is 10.5. The quantitative estimate of drug-likeness (QED) is 0.762. The third-order valence-electron chi connectivity index (χ3n) is 3.07. The van der Waals surface area contributed by atoms with E-state index in [1.54, 1.807) is 6.08 Å². The van der Waals surface area contributed by atoms with Crippen molar-refractivity contribution in [3.63, 3.8) is 0 Å². The summed E-state index contributed by atoms with van der Waals surface area (Å²) in [6.45, 7) is 11.5. The lowest BCUT2D eigenvalue weighted by molar-refractivity contribution is 0.0191. The third kappa shape index (κ3) is 4.88. The largest absolute Gasteiger partial charge is 0.385 e. The molecule has 17 heavy (non-hydrogen) atoms. The fourth-order valence-corrected chi connectivity index (χ4v) is 1.97. The van der Waals surface area contributed by atoms with Crippen molar-refractivity contribution in [1.82, 2.24) is 4.90 Å². The standard InChI is InChI=1S/C13H21NO.C2H6/c1-4-6-7-12(5-2)13(15)8-10-14(3)11-9-13;1-2/h4-7,15H,1,8-11H2,2-3H3;1-2H3/b7-6-,12-5+;. The van der Waals surface area contributed by atoms with Crippen molar-refractivity contribution >= 4 is 0 Å². The Hall–Kier alpha value is -0.860. The molecule has 1 fully saturated rings. The van der Waals surface area contributed by atoms with Crippen LogP contribution in [-0.4, -0.2) is 35.7 Å². The first-order valence-corrected chi connectivity index (χ1v) is 6.49. The normalized spacial score (nSPS) is 20.9. The van der Waals surface area contributed by atoms with Gasteiger partial charge in [-0.15, -0.1) is 0 Å². The topological polar surface area (TPSA) is 23.5 Å². The maximum Gasteiger partial charge on any atom is 0.0917 e. The summed E-state index contributed by atoms with van der Waals surface area (Å²) in [4.78, 5) is 2.25. The molecule has 0 bridgehead atoms. The molecule has 2 heteroatoms. The number of aliphatic hydroxyl groups is 1. The lowest BCUT2D eigenvalue weighted by Crippen LogP contribution is -2.43. The highest BCUT2D eigenvalue weighted by atomic mass is 16.3. The molecule has 1 heterocycles. The summed E-state index contributed by atoms with van der Waals surface area (Å²) in [5.74, 6) is 0. The van der Waals surface area contributed by atoms with E-state index in [-0.39, 0.29) is 0 Å². The second-order valence-electron chi connectivity index (χ2n) is 4.17. The summed E-state index contributed by atoms with van der Waals surface area (Å²) in [6, 6.07) is 0. The van der Waals surface area contributed by atoms with Crippen LogP contribution < -0.4 is 0 Å². The van der Waals surface area contributed by atoms with Crippen LogP contribution in [0.2, 0.25) is 0 Å². The molecule has 1 aliphatic heterocycles. The van der Waals surface area contributed by atoms with E-state index < -0.39 is 5.60 Å².